The van der Waals surface area contributed by atoms with Gasteiger partial charge in [0.05, 0.1) is 10.6 Å². The number of benzene rings is 1. The minimum Gasteiger partial charge on any atom is -0.207 e. The van der Waals surface area contributed by atoms with Gasteiger partial charge in [-0.3, -0.25) is 0 Å². The summed E-state index contributed by atoms with van der Waals surface area (Å²) in [7, 11) is 0.817. The van der Waals surface area contributed by atoms with Crippen LogP contribution in [0, 0.1) is 17.1 Å². The van der Waals surface area contributed by atoms with Crippen LogP contribution < -0.4 is 0 Å². The van der Waals surface area contributed by atoms with Crippen LogP contribution >= 0.6 is 22.3 Å². The molecule has 0 aliphatic carbocycles. The highest BCUT2D eigenvalue weighted by molar-refractivity contribution is 8.13. The second-order valence-corrected chi connectivity index (χ2v) is 5.25. The van der Waals surface area contributed by atoms with Crippen LogP contribution in [-0.2, 0) is 9.05 Å². The van der Waals surface area contributed by atoms with Crippen LogP contribution in [0.3, 0.4) is 0 Å². The fraction of sp³-hybridized carbons (Fsp3) is 0. The van der Waals surface area contributed by atoms with Gasteiger partial charge in [-0.1, -0.05) is 11.6 Å². The van der Waals surface area contributed by atoms with Crippen molar-refractivity contribution >= 4 is 31.3 Å². The molecule has 0 aliphatic rings. The Morgan fingerprint density at radius 3 is 2.43 bits per heavy atom. The topological polar surface area (TPSA) is 57.9 Å². The van der Waals surface area contributed by atoms with E-state index in [9.17, 15) is 12.8 Å². The second kappa shape index (κ2) is 3.73. The Balaban J connectivity index is 3.68. The Bertz CT molecular complexity index is 521. The van der Waals surface area contributed by atoms with Crippen molar-refractivity contribution in [3.05, 3.63) is 28.5 Å². The summed E-state index contributed by atoms with van der Waals surface area (Å²) in [6, 6.07) is 3.02. The molecule has 0 aromatic heterocycles. The Morgan fingerprint density at radius 1 is 1.43 bits per heavy atom. The van der Waals surface area contributed by atoms with Crippen molar-refractivity contribution < 1.29 is 12.8 Å². The van der Waals surface area contributed by atoms with Gasteiger partial charge in [0.2, 0.25) is 0 Å². The average Bonchev–Trinajstić information content (AvgIpc) is 2.01. The van der Waals surface area contributed by atoms with Crippen molar-refractivity contribution in [2.24, 2.45) is 0 Å². The summed E-state index contributed by atoms with van der Waals surface area (Å²) in [6.07, 6.45) is 0. The maximum atomic E-state index is 12.8. The van der Waals surface area contributed by atoms with Crippen LogP contribution in [0.1, 0.15) is 5.56 Å². The lowest BCUT2D eigenvalue weighted by Gasteiger charge is -2.01. The highest BCUT2D eigenvalue weighted by Crippen LogP contribution is 2.27. The maximum absolute atomic E-state index is 12.8. The first-order valence-electron chi connectivity index (χ1n) is 3.20. The second-order valence-electron chi connectivity index (χ2n) is 2.31. The third-order valence-corrected chi connectivity index (χ3v) is 3.04. The SMILES string of the molecule is N#Cc1c(Cl)cc(F)cc1S(=O)(=O)Cl. The van der Waals surface area contributed by atoms with Gasteiger partial charge in [-0.2, -0.15) is 5.26 Å². The molecular weight excluding hydrogens is 252 g/mol. The van der Waals surface area contributed by atoms with Crippen molar-refractivity contribution in [3.8, 4) is 6.07 Å². The summed E-state index contributed by atoms with van der Waals surface area (Å²) in [5.41, 5.74) is -0.358. The van der Waals surface area contributed by atoms with Gasteiger partial charge in [-0.15, -0.1) is 0 Å². The predicted octanol–water partition coefficient (Wildman–Crippen LogP) is 2.28. The summed E-state index contributed by atoms with van der Waals surface area (Å²) in [5, 5.41) is 8.29. The first kappa shape index (κ1) is 11.2. The summed E-state index contributed by atoms with van der Waals surface area (Å²) in [5.74, 6) is -0.867. The third-order valence-electron chi connectivity index (χ3n) is 1.39. The van der Waals surface area contributed by atoms with Gasteiger partial charge in [0.1, 0.15) is 16.8 Å². The van der Waals surface area contributed by atoms with Crippen molar-refractivity contribution in [1.29, 1.82) is 5.26 Å². The number of hydrogen-bond donors (Lipinski definition) is 0. The van der Waals surface area contributed by atoms with Crippen LogP contribution in [0.5, 0.6) is 0 Å². The van der Waals surface area contributed by atoms with E-state index in [1.807, 2.05) is 0 Å². The molecule has 74 valence electrons. The summed E-state index contributed by atoms with van der Waals surface area (Å²) in [4.78, 5) is -0.619. The molecule has 3 nitrogen and oxygen atoms in total. The number of halogens is 3. The zero-order valence-electron chi connectivity index (χ0n) is 6.46. The first-order chi connectivity index (χ1) is 6.36. The van der Waals surface area contributed by atoms with E-state index in [0.29, 0.717) is 6.07 Å². The van der Waals surface area contributed by atoms with Gasteiger partial charge >= 0.3 is 0 Å². The predicted molar refractivity (Wildman–Crippen MR) is 49.2 cm³/mol. The van der Waals surface area contributed by atoms with E-state index in [2.05, 4.69) is 0 Å². The standard InChI is InChI=1S/C7H2Cl2FNO2S/c8-6-1-4(10)2-7(5(6)3-11)14(9,12)13/h1-2H. The molecule has 0 heterocycles. The van der Waals surface area contributed by atoms with Gasteiger partial charge in [0, 0.05) is 10.7 Å². The molecule has 0 N–H and O–H groups in total. The van der Waals surface area contributed by atoms with E-state index < -0.39 is 19.8 Å². The molecule has 0 saturated heterocycles. The molecule has 1 aromatic carbocycles. The minimum absolute atomic E-state index is 0.285. The van der Waals surface area contributed by atoms with E-state index in [1.54, 1.807) is 0 Å². The average molecular weight is 254 g/mol. The Kier molecular flexibility index (Phi) is 3.00. The zero-order chi connectivity index (χ0) is 10.9. The van der Waals surface area contributed by atoms with E-state index in [1.165, 1.54) is 6.07 Å². The molecule has 0 spiro atoms. The van der Waals surface area contributed by atoms with Crippen LogP contribution in [0.15, 0.2) is 17.0 Å². The molecule has 0 saturated carbocycles. The molecule has 1 rings (SSSR count). The van der Waals surface area contributed by atoms with Crippen molar-refractivity contribution in [1.82, 2.24) is 0 Å². The highest BCUT2D eigenvalue weighted by atomic mass is 35.7. The Morgan fingerprint density at radius 2 is 2.00 bits per heavy atom. The van der Waals surface area contributed by atoms with Gasteiger partial charge in [-0.05, 0) is 12.1 Å². The largest absolute Gasteiger partial charge is 0.262 e. The molecule has 14 heavy (non-hydrogen) atoms. The molecule has 0 radical (unpaired) electrons. The number of rotatable bonds is 1. The maximum Gasteiger partial charge on any atom is 0.262 e. The molecule has 1 aromatic rings. The summed E-state index contributed by atoms with van der Waals surface area (Å²) >= 11 is 5.46. The van der Waals surface area contributed by atoms with Crippen LogP contribution in [-0.4, -0.2) is 8.42 Å². The molecular formula is C7H2Cl2FNO2S. The number of nitriles is 1. The Hall–Kier alpha value is -0.830. The first-order valence-corrected chi connectivity index (χ1v) is 5.89. The monoisotopic (exact) mass is 253 g/mol. The smallest absolute Gasteiger partial charge is 0.207 e. The Labute approximate surface area is 89.1 Å². The fourth-order valence-corrected chi connectivity index (χ4v) is 2.17. The molecule has 0 unspecified atom stereocenters. The van der Waals surface area contributed by atoms with Crippen molar-refractivity contribution in [2.45, 2.75) is 4.90 Å². The number of hydrogen-bond acceptors (Lipinski definition) is 3. The van der Waals surface area contributed by atoms with Crippen LogP contribution in [0.25, 0.3) is 0 Å². The molecule has 0 bridgehead atoms. The zero-order valence-corrected chi connectivity index (χ0v) is 8.79. The lowest BCUT2D eigenvalue weighted by molar-refractivity contribution is 0.602. The summed E-state index contributed by atoms with van der Waals surface area (Å²) < 4.78 is 34.6. The van der Waals surface area contributed by atoms with Gasteiger partial charge in [0.15, 0.2) is 0 Å². The molecule has 7 heteroatoms. The van der Waals surface area contributed by atoms with Crippen molar-refractivity contribution in [2.75, 3.05) is 0 Å². The number of nitrogens with zero attached hydrogens (tertiary/aromatic N) is 1. The van der Waals surface area contributed by atoms with E-state index >= 15 is 0 Å². The van der Waals surface area contributed by atoms with E-state index in [0.717, 1.165) is 6.07 Å². The quantitative estimate of drug-likeness (QED) is 0.722. The van der Waals surface area contributed by atoms with Gasteiger partial charge in [-0.25, -0.2) is 12.8 Å². The highest BCUT2D eigenvalue weighted by Gasteiger charge is 2.19. The molecule has 0 aliphatic heterocycles. The lowest BCUT2D eigenvalue weighted by atomic mass is 10.2. The van der Waals surface area contributed by atoms with Crippen LogP contribution in [0.4, 0.5) is 4.39 Å². The molecule has 0 atom stereocenters. The van der Waals surface area contributed by atoms with E-state index in [-0.39, 0.29) is 10.6 Å². The fourth-order valence-electron chi connectivity index (χ4n) is 0.851. The molecule has 0 amide bonds. The normalized spacial score (nSPS) is 11.0. The minimum atomic E-state index is -4.17. The van der Waals surface area contributed by atoms with Gasteiger partial charge < -0.3 is 0 Å². The lowest BCUT2D eigenvalue weighted by Crippen LogP contribution is -1.97. The van der Waals surface area contributed by atoms with E-state index in [4.69, 9.17) is 27.5 Å². The summed E-state index contributed by atoms with van der Waals surface area (Å²) in [6.45, 7) is 0. The van der Waals surface area contributed by atoms with Crippen molar-refractivity contribution in [3.63, 3.8) is 0 Å². The van der Waals surface area contributed by atoms with Gasteiger partial charge in [0.25, 0.3) is 9.05 Å². The van der Waals surface area contributed by atoms with Crippen LogP contribution in [0.2, 0.25) is 5.02 Å². The third kappa shape index (κ3) is 2.15. The molecule has 0 fully saturated rings.